The van der Waals surface area contributed by atoms with Crippen LogP contribution in [0.5, 0.6) is 0 Å². The second-order valence-corrected chi connectivity index (χ2v) is 11.5. The van der Waals surface area contributed by atoms with Crippen LogP contribution in [0.2, 0.25) is 0 Å². The molecule has 2 saturated heterocycles. The van der Waals surface area contributed by atoms with Crippen molar-refractivity contribution in [1.82, 2.24) is 19.6 Å². The maximum absolute atomic E-state index is 12.4. The highest BCUT2D eigenvalue weighted by molar-refractivity contribution is 6.02. The molecule has 0 N–H and O–H groups in total. The van der Waals surface area contributed by atoms with Crippen molar-refractivity contribution in [3.8, 4) is 0 Å². The number of Topliss-reactive ketones (excluding diaryl/α,β-unsaturated/α-hetero) is 2. The lowest BCUT2D eigenvalue weighted by atomic mass is 9.85. The second kappa shape index (κ2) is 12.0. The van der Waals surface area contributed by atoms with Crippen molar-refractivity contribution in [3.05, 3.63) is 0 Å². The molecule has 2 rings (SSSR count). The van der Waals surface area contributed by atoms with Crippen LogP contribution in [-0.4, -0.2) is 94.3 Å². The molecule has 0 spiro atoms. The van der Waals surface area contributed by atoms with Crippen molar-refractivity contribution in [2.45, 2.75) is 80.1 Å². The van der Waals surface area contributed by atoms with Gasteiger partial charge in [-0.05, 0) is 37.5 Å². The Labute approximate surface area is 214 Å². The molecular formula is C26H42N4O6. The molecule has 2 aliphatic rings. The van der Waals surface area contributed by atoms with E-state index in [1.807, 2.05) is 41.5 Å². The predicted octanol–water partition coefficient (Wildman–Crippen LogP) is 3.09. The zero-order chi connectivity index (χ0) is 27.3. The van der Waals surface area contributed by atoms with Gasteiger partial charge in [0.1, 0.15) is 24.7 Å². The van der Waals surface area contributed by atoms with Crippen molar-refractivity contribution >= 4 is 35.4 Å². The first-order valence-electron chi connectivity index (χ1n) is 12.9. The van der Waals surface area contributed by atoms with E-state index >= 15 is 0 Å². The molecule has 36 heavy (non-hydrogen) atoms. The summed E-state index contributed by atoms with van der Waals surface area (Å²) < 4.78 is 0. The van der Waals surface area contributed by atoms with Gasteiger partial charge in [0.05, 0.1) is 0 Å². The van der Waals surface area contributed by atoms with Crippen LogP contribution in [0.15, 0.2) is 0 Å². The quantitative estimate of drug-likeness (QED) is 0.315. The number of likely N-dealkylation sites (N-methyl/N-ethyl adjacent to an activating group) is 2. The average molecular weight is 507 g/mol. The van der Waals surface area contributed by atoms with Crippen molar-refractivity contribution < 1.29 is 28.8 Å². The molecule has 0 aromatic carbocycles. The molecular weight excluding hydrogens is 464 g/mol. The Bertz CT molecular complexity index is 825. The summed E-state index contributed by atoms with van der Waals surface area (Å²) in [6, 6.07) is -0.562. The van der Waals surface area contributed by atoms with Gasteiger partial charge in [0.2, 0.25) is 11.8 Å². The topological polar surface area (TPSA) is 115 Å². The van der Waals surface area contributed by atoms with E-state index in [-0.39, 0.29) is 87.3 Å². The van der Waals surface area contributed by atoms with Crippen LogP contribution in [0, 0.1) is 10.8 Å². The molecule has 0 aliphatic carbocycles. The first-order valence-corrected chi connectivity index (χ1v) is 12.9. The van der Waals surface area contributed by atoms with E-state index in [0.717, 1.165) is 0 Å². The number of ketones is 2. The second-order valence-electron chi connectivity index (χ2n) is 11.5. The number of hydrogen-bond donors (Lipinski definition) is 0. The van der Waals surface area contributed by atoms with Crippen LogP contribution < -0.4 is 0 Å². The molecule has 0 saturated carbocycles. The molecule has 2 fully saturated rings. The molecule has 0 unspecified atom stereocenters. The van der Waals surface area contributed by atoms with Crippen molar-refractivity contribution in [1.29, 1.82) is 0 Å². The Morgan fingerprint density at radius 3 is 1.25 bits per heavy atom. The number of nitrogens with zero attached hydrogens (tertiary/aromatic N) is 4. The molecule has 0 aromatic rings. The van der Waals surface area contributed by atoms with Gasteiger partial charge in [-0.25, -0.2) is 9.59 Å². The minimum absolute atomic E-state index is 0.0159. The fourth-order valence-electron chi connectivity index (χ4n) is 4.49. The lowest BCUT2D eigenvalue weighted by Crippen LogP contribution is -2.40. The van der Waals surface area contributed by atoms with Crippen molar-refractivity contribution in [3.63, 3.8) is 0 Å². The maximum Gasteiger partial charge on any atom is 0.327 e. The highest BCUT2D eigenvalue weighted by Gasteiger charge is 2.39. The van der Waals surface area contributed by atoms with Gasteiger partial charge in [0.15, 0.2) is 0 Å². The van der Waals surface area contributed by atoms with E-state index < -0.39 is 10.8 Å². The number of imide groups is 2. The van der Waals surface area contributed by atoms with E-state index in [4.69, 9.17) is 0 Å². The Balaban J connectivity index is 1.72. The van der Waals surface area contributed by atoms with Crippen LogP contribution in [0.25, 0.3) is 0 Å². The smallest absolute Gasteiger partial charge is 0.315 e. The number of amides is 6. The summed E-state index contributed by atoms with van der Waals surface area (Å²) in [5.41, 5.74) is -0.812. The zero-order valence-electron chi connectivity index (χ0n) is 22.7. The normalized spacial score (nSPS) is 17.2. The summed E-state index contributed by atoms with van der Waals surface area (Å²) >= 11 is 0. The van der Waals surface area contributed by atoms with Gasteiger partial charge in [-0.15, -0.1) is 0 Å². The summed E-state index contributed by atoms with van der Waals surface area (Å²) in [7, 11) is 0. The van der Waals surface area contributed by atoms with Crippen LogP contribution in [0.4, 0.5) is 9.59 Å². The van der Waals surface area contributed by atoms with Gasteiger partial charge in [-0.3, -0.25) is 29.0 Å². The molecule has 202 valence electrons. The monoisotopic (exact) mass is 506 g/mol. The van der Waals surface area contributed by atoms with Crippen LogP contribution in [0.3, 0.4) is 0 Å². The van der Waals surface area contributed by atoms with Gasteiger partial charge in [-0.2, -0.15) is 0 Å². The first kappa shape index (κ1) is 29.5. The zero-order valence-corrected chi connectivity index (χ0v) is 22.7. The van der Waals surface area contributed by atoms with Gasteiger partial charge in [-0.1, -0.05) is 27.7 Å². The largest absolute Gasteiger partial charge is 0.327 e. The summed E-state index contributed by atoms with van der Waals surface area (Å²) in [6.07, 6.45) is 1.93. The first-order chi connectivity index (χ1) is 16.7. The minimum Gasteiger partial charge on any atom is -0.315 e. The minimum atomic E-state index is -0.406. The highest BCUT2D eigenvalue weighted by Crippen LogP contribution is 2.28. The Morgan fingerprint density at radius 2 is 0.972 bits per heavy atom. The van der Waals surface area contributed by atoms with Crippen LogP contribution >= 0.6 is 0 Å². The standard InChI is InChI=1S/C26H42N4O6/c1-7-27-15-21(33)29(23(27)35)17-25(3,4)13-11-19(31)9-10-20(32)12-14-26(5,6)18-30-22(34)16-28(8-2)24(30)36/h7-18H2,1-6H3. The third kappa shape index (κ3) is 7.86. The van der Waals surface area contributed by atoms with Gasteiger partial charge in [0, 0.05) is 51.9 Å². The Morgan fingerprint density at radius 1 is 0.639 bits per heavy atom. The fourth-order valence-corrected chi connectivity index (χ4v) is 4.49. The van der Waals surface area contributed by atoms with E-state index in [0.29, 0.717) is 25.9 Å². The molecule has 10 nitrogen and oxygen atoms in total. The Kier molecular flexibility index (Phi) is 9.79. The number of carbonyl (C=O) groups excluding carboxylic acids is 6. The lowest BCUT2D eigenvalue weighted by molar-refractivity contribution is -0.127. The number of hydrogen-bond acceptors (Lipinski definition) is 6. The SMILES string of the molecule is CCN1CC(=O)N(CC(C)(C)CCC(=O)CCC(=O)CCC(C)(C)CN2C(=O)CN(CC)C2=O)C1=O. The summed E-state index contributed by atoms with van der Waals surface area (Å²) in [5.74, 6) is -0.456. The van der Waals surface area contributed by atoms with Crippen molar-refractivity contribution in [2.24, 2.45) is 10.8 Å². The summed E-state index contributed by atoms with van der Waals surface area (Å²) in [4.78, 5) is 79.3. The third-order valence-corrected chi connectivity index (χ3v) is 7.04. The Hall–Kier alpha value is -2.78. The molecule has 2 heterocycles. The summed E-state index contributed by atoms with van der Waals surface area (Å²) in [6.45, 7) is 13.1. The molecule has 6 amide bonds. The van der Waals surface area contributed by atoms with E-state index in [1.165, 1.54) is 19.6 Å². The van der Waals surface area contributed by atoms with Crippen molar-refractivity contribution in [2.75, 3.05) is 39.3 Å². The molecule has 0 atom stereocenters. The average Bonchev–Trinajstić information content (AvgIpc) is 3.23. The molecule has 0 radical (unpaired) electrons. The lowest BCUT2D eigenvalue weighted by Gasteiger charge is -2.29. The number of urea groups is 2. The van der Waals surface area contributed by atoms with E-state index in [1.54, 1.807) is 0 Å². The molecule has 0 aromatic heterocycles. The van der Waals surface area contributed by atoms with Crippen LogP contribution in [-0.2, 0) is 19.2 Å². The molecule has 10 heteroatoms. The molecule has 0 bridgehead atoms. The third-order valence-electron chi connectivity index (χ3n) is 7.04. The number of rotatable bonds is 15. The molecule has 2 aliphatic heterocycles. The maximum atomic E-state index is 12.4. The van der Waals surface area contributed by atoms with E-state index in [2.05, 4.69) is 0 Å². The highest BCUT2D eigenvalue weighted by atomic mass is 16.2. The van der Waals surface area contributed by atoms with Crippen LogP contribution in [0.1, 0.15) is 80.1 Å². The predicted molar refractivity (Wildman–Crippen MR) is 134 cm³/mol. The summed E-state index contributed by atoms with van der Waals surface area (Å²) in [5, 5.41) is 0. The number of carbonyl (C=O) groups is 6. The van der Waals surface area contributed by atoms with E-state index in [9.17, 15) is 28.8 Å². The van der Waals surface area contributed by atoms with Gasteiger partial charge < -0.3 is 9.80 Å². The van der Waals surface area contributed by atoms with Gasteiger partial charge >= 0.3 is 12.1 Å². The fraction of sp³-hybridized carbons (Fsp3) is 0.769. The van der Waals surface area contributed by atoms with Gasteiger partial charge in [0.25, 0.3) is 0 Å².